The van der Waals surface area contributed by atoms with Gasteiger partial charge in [-0.25, -0.2) is 4.39 Å². The number of carbonyl (C=O) groups is 1. The van der Waals surface area contributed by atoms with E-state index < -0.39 is 0 Å². The third-order valence-electron chi connectivity index (χ3n) is 5.33. The molecule has 0 unspecified atom stereocenters. The summed E-state index contributed by atoms with van der Waals surface area (Å²) in [6, 6.07) is 6.04. The summed E-state index contributed by atoms with van der Waals surface area (Å²) in [5.74, 6) is -0.369. The molecule has 1 spiro atoms. The van der Waals surface area contributed by atoms with E-state index in [-0.39, 0.29) is 11.7 Å². The number of halogens is 1. The average Bonchev–Trinajstić information content (AvgIpc) is 2.92. The molecule has 3 rings (SSSR count). The first kappa shape index (κ1) is 16.4. The zero-order chi connectivity index (χ0) is 16.3. The Kier molecular flexibility index (Phi) is 4.97. The highest BCUT2D eigenvalue weighted by molar-refractivity contribution is 5.90. The maximum Gasteiger partial charge on any atom is 0.225 e. The molecule has 0 aromatic heterocycles. The molecule has 0 aliphatic carbocycles. The number of amides is 1. The second-order valence-corrected chi connectivity index (χ2v) is 7.14. The van der Waals surface area contributed by atoms with Gasteiger partial charge in [0.05, 0.1) is 0 Å². The van der Waals surface area contributed by atoms with Gasteiger partial charge in [-0.3, -0.25) is 4.79 Å². The van der Waals surface area contributed by atoms with Gasteiger partial charge in [0.15, 0.2) is 0 Å². The van der Waals surface area contributed by atoms with Gasteiger partial charge in [-0.2, -0.15) is 0 Å². The molecular formula is C18H26FN3O. The molecule has 2 fully saturated rings. The number of benzene rings is 1. The van der Waals surface area contributed by atoms with Gasteiger partial charge < -0.3 is 15.1 Å². The first-order chi connectivity index (χ1) is 11.0. The summed E-state index contributed by atoms with van der Waals surface area (Å²) in [6.45, 7) is 5.38. The fraction of sp³-hybridized carbons (Fsp3) is 0.611. The van der Waals surface area contributed by atoms with Crippen molar-refractivity contribution in [1.29, 1.82) is 0 Å². The molecule has 2 aliphatic heterocycles. The number of nitrogens with one attached hydrogen (secondary N) is 1. The summed E-state index contributed by atoms with van der Waals surface area (Å²) in [6.07, 6.45) is 4.27. The Morgan fingerprint density at radius 1 is 1.26 bits per heavy atom. The molecule has 1 amide bonds. The molecule has 4 nitrogen and oxygen atoms in total. The Balaban J connectivity index is 1.43. The summed E-state index contributed by atoms with van der Waals surface area (Å²) < 4.78 is 13.1. The number of carbonyl (C=O) groups excluding carboxylic acids is 1. The lowest BCUT2D eigenvalue weighted by molar-refractivity contribution is -0.116. The standard InChI is InChI=1S/C18H26FN3O/c1-21-10-6-18(7-11-21)8-12-22(14-18)9-5-17(23)20-16-4-2-3-15(19)13-16/h2-4,13H,5-12,14H2,1H3,(H,20,23). The van der Waals surface area contributed by atoms with Crippen LogP contribution in [0.5, 0.6) is 0 Å². The highest BCUT2D eigenvalue weighted by Crippen LogP contribution is 2.39. The number of hydrogen-bond acceptors (Lipinski definition) is 3. The monoisotopic (exact) mass is 319 g/mol. The molecule has 2 saturated heterocycles. The van der Waals surface area contributed by atoms with Crippen LogP contribution in [0.25, 0.3) is 0 Å². The lowest BCUT2D eigenvalue weighted by Crippen LogP contribution is -2.40. The molecule has 2 aliphatic rings. The fourth-order valence-electron chi connectivity index (χ4n) is 3.77. The molecule has 0 bridgehead atoms. The molecular weight excluding hydrogens is 293 g/mol. The van der Waals surface area contributed by atoms with Crippen molar-refractivity contribution in [2.24, 2.45) is 5.41 Å². The van der Waals surface area contributed by atoms with E-state index in [0.717, 1.165) is 19.6 Å². The molecule has 1 aromatic carbocycles. The smallest absolute Gasteiger partial charge is 0.225 e. The predicted octanol–water partition coefficient (Wildman–Crippen LogP) is 2.57. The van der Waals surface area contributed by atoms with E-state index >= 15 is 0 Å². The van der Waals surface area contributed by atoms with Crippen LogP contribution in [-0.2, 0) is 4.79 Å². The maximum absolute atomic E-state index is 13.1. The van der Waals surface area contributed by atoms with Gasteiger partial charge in [0, 0.05) is 25.2 Å². The van der Waals surface area contributed by atoms with Gasteiger partial charge in [0.1, 0.15) is 5.82 Å². The first-order valence-corrected chi connectivity index (χ1v) is 8.51. The summed E-state index contributed by atoms with van der Waals surface area (Å²) in [5.41, 5.74) is 1.01. The Hall–Kier alpha value is -1.46. The first-order valence-electron chi connectivity index (χ1n) is 8.51. The van der Waals surface area contributed by atoms with E-state index in [4.69, 9.17) is 0 Å². The summed E-state index contributed by atoms with van der Waals surface area (Å²) in [7, 11) is 2.19. The number of nitrogens with zero attached hydrogens (tertiary/aromatic N) is 2. The van der Waals surface area contributed by atoms with Crippen molar-refractivity contribution >= 4 is 11.6 Å². The van der Waals surface area contributed by atoms with Gasteiger partial charge in [-0.15, -0.1) is 0 Å². The predicted molar refractivity (Wildman–Crippen MR) is 89.9 cm³/mol. The van der Waals surface area contributed by atoms with Crippen LogP contribution in [0.4, 0.5) is 10.1 Å². The van der Waals surface area contributed by atoms with E-state index in [1.165, 1.54) is 44.5 Å². The van der Waals surface area contributed by atoms with Gasteiger partial charge in [-0.05, 0) is 69.6 Å². The van der Waals surface area contributed by atoms with Crippen molar-refractivity contribution in [3.63, 3.8) is 0 Å². The van der Waals surface area contributed by atoms with Crippen LogP contribution in [0.3, 0.4) is 0 Å². The maximum atomic E-state index is 13.1. The minimum Gasteiger partial charge on any atom is -0.326 e. The summed E-state index contributed by atoms with van der Waals surface area (Å²) >= 11 is 0. The van der Waals surface area contributed by atoms with Gasteiger partial charge in [-0.1, -0.05) is 6.07 Å². The lowest BCUT2D eigenvalue weighted by Gasteiger charge is -2.37. The van der Waals surface area contributed by atoms with Crippen LogP contribution in [0, 0.1) is 11.2 Å². The fourth-order valence-corrected chi connectivity index (χ4v) is 3.77. The van der Waals surface area contributed by atoms with E-state index in [1.807, 2.05) is 0 Å². The van der Waals surface area contributed by atoms with Crippen LogP contribution >= 0.6 is 0 Å². The second kappa shape index (κ2) is 6.97. The van der Waals surface area contributed by atoms with Crippen molar-refractivity contribution in [2.75, 3.05) is 45.1 Å². The number of anilines is 1. The van der Waals surface area contributed by atoms with Crippen LogP contribution in [-0.4, -0.2) is 55.5 Å². The molecule has 126 valence electrons. The quantitative estimate of drug-likeness (QED) is 0.926. The Morgan fingerprint density at radius 3 is 2.74 bits per heavy atom. The van der Waals surface area contributed by atoms with Crippen molar-refractivity contribution < 1.29 is 9.18 Å². The number of likely N-dealkylation sites (tertiary alicyclic amines) is 2. The molecule has 0 radical (unpaired) electrons. The number of hydrogen-bond donors (Lipinski definition) is 1. The Bertz CT molecular complexity index is 555. The number of piperidine rings is 1. The summed E-state index contributed by atoms with van der Waals surface area (Å²) in [4.78, 5) is 16.8. The minimum atomic E-state index is -0.327. The van der Waals surface area contributed by atoms with Crippen LogP contribution in [0.15, 0.2) is 24.3 Å². The van der Waals surface area contributed by atoms with E-state index in [1.54, 1.807) is 12.1 Å². The van der Waals surface area contributed by atoms with Crippen molar-refractivity contribution in [2.45, 2.75) is 25.7 Å². The number of rotatable bonds is 4. The largest absolute Gasteiger partial charge is 0.326 e. The minimum absolute atomic E-state index is 0.0417. The molecule has 0 atom stereocenters. The third-order valence-corrected chi connectivity index (χ3v) is 5.33. The van der Waals surface area contributed by atoms with E-state index in [9.17, 15) is 9.18 Å². The van der Waals surface area contributed by atoms with Crippen molar-refractivity contribution in [1.82, 2.24) is 9.80 Å². The highest BCUT2D eigenvalue weighted by atomic mass is 19.1. The second-order valence-electron chi connectivity index (χ2n) is 7.14. The molecule has 5 heteroatoms. The normalized spacial score (nSPS) is 21.7. The summed E-state index contributed by atoms with van der Waals surface area (Å²) in [5, 5.41) is 2.77. The zero-order valence-electron chi connectivity index (χ0n) is 13.9. The molecule has 1 N–H and O–H groups in total. The molecule has 2 heterocycles. The van der Waals surface area contributed by atoms with Gasteiger partial charge >= 0.3 is 0 Å². The van der Waals surface area contributed by atoms with E-state index in [2.05, 4.69) is 22.2 Å². The Labute approximate surface area is 137 Å². The SMILES string of the molecule is CN1CCC2(CC1)CCN(CCC(=O)Nc1cccc(F)c1)C2. The topological polar surface area (TPSA) is 35.6 Å². The van der Waals surface area contributed by atoms with Crippen molar-refractivity contribution in [3.05, 3.63) is 30.1 Å². The average molecular weight is 319 g/mol. The van der Waals surface area contributed by atoms with Crippen LogP contribution in [0.1, 0.15) is 25.7 Å². The van der Waals surface area contributed by atoms with E-state index in [0.29, 0.717) is 17.5 Å². The van der Waals surface area contributed by atoms with Gasteiger partial charge in [0.25, 0.3) is 0 Å². The molecule has 0 saturated carbocycles. The zero-order valence-corrected chi connectivity index (χ0v) is 13.9. The van der Waals surface area contributed by atoms with Crippen LogP contribution in [0.2, 0.25) is 0 Å². The molecule has 23 heavy (non-hydrogen) atoms. The van der Waals surface area contributed by atoms with Crippen molar-refractivity contribution in [3.8, 4) is 0 Å². The van der Waals surface area contributed by atoms with Crippen LogP contribution < -0.4 is 5.32 Å². The highest BCUT2D eigenvalue weighted by Gasteiger charge is 2.39. The molecule has 1 aromatic rings. The van der Waals surface area contributed by atoms with Gasteiger partial charge in [0.2, 0.25) is 5.91 Å². The Morgan fingerprint density at radius 2 is 2.00 bits per heavy atom. The third kappa shape index (κ3) is 4.30. The lowest BCUT2D eigenvalue weighted by atomic mass is 9.78.